The third-order valence-corrected chi connectivity index (χ3v) is 4.93. The predicted octanol–water partition coefficient (Wildman–Crippen LogP) is 2.93. The summed E-state index contributed by atoms with van der Waals surface area (Å²) in [6.45, 7) is 4.02. The normalized spacial score (nSPS) is 11.2. The first kappa shape index (κ1) is 21.9. The fraction of sp³-hybridized carbons (Fsp3) is 0.211. The third-order valence-electron chi connectivity index (χ3n) is 3.68. The summed E-state index contributed by atoms with van der Waals surface area (Å²) in [5.41, 5.74) is 3.72. The molecule has 4 N–H and O–H groups in total. The van der Waals surface area contributed by atoms with Crippen LogP contribution in [0.4, 0.5) is 5.69 Å². The van der Waals surface area contributed by atoms with E-state index in [2.05, 4.69) is 20.3 Å². The van der Waals surface area contributed by atoms with Gasteiger partial charge in [0.2, 0.25) is 5.91 Å². The van der Waals surface area contributed by atoms with Crippen LogP contribution in [-0.4, -0.2) is 48.3 Å². The topological polar surface area (TPSA) is 145 Å². The number of imidazole rings is 1. The number of hydrogen-bond acceptors (Lipinski definition) is 6. The number of anilines is 1. The number of aromatic amines is 1. The number of fused-ring (bicyclic) bond motifs is 1. The number of carboxylic acids is 2. The molecule has 1 amide bonds. The minimum atomic E-state index is -1.82. The lowest BCUT2D eigenvalue weighted by atomic mass is 10.2. The number of carbonyl (C=O) groups excluding carboxylic acids is 1. The van der Waals surface area contributed by atoms with Crippen LogP contribution in [0.1, 0.15) is 18.9 Å². The van der Waals surface area contributed by atoms with E-state index >= 15 is 0 Å². The molecule has 1 atom stereocenters. The standard InChI is InChI=1S/C17H18N4OS.C2H2O4/c1-3-15(16(22)19-12-6-4-11(2)5-7-12)23-17-20-13-8-9-18-10-14(13)21-17;3-1(4)2(5)6/h4-10,15H,3H2,1-2H3,(H,19,22)(H,20,21);(H,3,4)(H,5,6). The van der Waals surface area contributed by atoms with Crippen LogP contribution in [0.3, 0.4) is 0 Å². The van der Waals surface area contributed by atoms with Gasteiger partial charge in [-0.05, 0) is 31.5 Å². The SMILES string of the molecule is CCC(Sc1nc2ccncc2[nH]1)C(=O)Nc1ccc(C)cc1.O=C(O)C(=O)O. The summed E-state index contributed by atoms with van der Waals surface area (Å²) in [7, 11) is 0. The van der Waals surface area contributed by atoms with Crippen molar-refractivity contribution in [2.24, 2.45) is 0 Å². The van der Waals surface area contributed by atoms with E-state index in [1.54, 1.807) is 12.4 Å². The summed E-state index contributed by atoms with van der Waals surface area (Å²) < 4.78 is 0. The first-order chi connectivity index (χ1) is 13.8. The molecule has 2 heterocycles. The Kier molecular flexibility index (Phi) is 7.72. The molecule has 0 aliphatic heterocycles. The number of rotatable bonds is 5. The zero-order valence-electron chi connectivity index (χ0n) is 15.7. The van der Waals surface area contributed by atoms with Gasteiger partial charge in [-0.2, -0.15) is 0 Å². The van der Waals surface area contributed by atoms with Crippen molar-refractivity contribution >= 4 is 46.3 Å². The Bertz CT molecular complexity index is 958. The van der Waals surface area contributed by atoms with Crippen molar-refractivity contribution in [3.05, 3.63) is 48.3 Å². The molecule has 0 aliphatic rings. The summed E-state index contributed by atoms with van der Waals surface area (Å²) in [6, 6.07) is 9.64. The van der Waals surface area contributed by atoms with Gasteiger partial charge < -0.3 is 20.5 Å². The highest BCUT2D eigenvalue weighted by molar-refractivity contribution is 8.00. The molecule has 1 aromatic carbocycles. The Morgan fingerprint density at radius 3 is 2.34 bits per heavy atom. The largest absolute Gasteiger partial charge is 0.473 e. The first-order valence-electron chi connectivity index (χ1n) is 8.60. The van der Waals surface area contributed by atoms with E-state index < -0.39 is 11.9 Å². The summed E-state index contributed by atoms with van der Waals surface area (Å²) in [6.07, 6.45) is 4.16. The van der Waals surface area contributed by atoms with Gasteiger partial charge in [0.1, 0.15) is 0 Å². The van der Waals surface area contributed by atoms with Crippen LogP contribution in [0.2, 0.25) is 0 Å². The van der Waals surface area contributed by atoms with Crippen molar-refractivity contribution in [1.82, 2.24) is 15.0 Å². The van der Waals surface area contributed by atoms with Gasteiger partial charge in [0.25, 0.3) is 0 Å². The molecule has 9 nitrogen and oxygen atoms in total. The van der Waals surface area contributed by atoms with Gasteiger partial charge in [-0.1, -0.05) is 36.4 Å². The van der Waals surface area contributed by atoms with Crippen molar-refractivity contribution in [3.8, 4) is 0 Å². The molecule has 1 unspecified atom stereocenters. The van der Waals surface area contributed by atoms with Crippen LogP contribution < -0.4 is 5.32 Å². The number of nitrogens with zero attached hydrogens (tertiary/aromatic N) is 2. The maximum atomic E-state index is 12.5. The van der Waals surface area contributed by atoms with Crippen molar-refractivity contribution in [1.29, 1.82) is 0 Å². The fourth-order valence-corrected chi connectivity index (χ4v) is 3.13. The second kappa shape index (κ2) is 10.2. The lowest BCUT2D eigenvalue weighted by Gasteiger charge is -2.13. The average Bonchev–Trinajstić information content (AvgIpc) is 3.10. The molecule has 0 spiro atoms. The van der Waals surface area contributed by atoms with Crippen molar-refractivity contribution < 1.29 is 24.6 Å². The lowest BCUT2D eigenvalue weighted by molar-refractivity contribution is -0.159. The highest BCUT2D eigenvalue weighted by Crippen LogP contribution is 2.26. The summed E-state index contributed by atoms with van der Waals surface area (Å²) in [4.78, 5) is 42.4. The van der Waals surface area contributed by atoms with Gasteiger partial charge in [-0.3, -0.25) is 9.78 Å². The number of carboxylic acid groups (broad SMARTS) is 2. The Hall–Kier alpha value is -3.40. The molecule has 3 rings (SSSR count). The van der Waals surface area contributed by atoms with E-state index in [0.29, 0.717) is 0 Å². The van der Waals surface area contributed by atoms with Gasteiger partial charge in [0, 0.05) is 11.9 Å². The molecule has 10 heteroatoms. The summed E-state index contributed by atoms with van der Waals surface area (Å²) >= 11 is 1.44. The number of nitrogens with one attached hydrogen (secondary N) is 2. The van der Waals surface area contributed by atoms with Crippen LogP contribution in [0.15, 0.2) is 47.9 Å². The van der Waals surface area contributed by atoms with Gasteiger partial charge in [0.15, 0.2) is 5.16 Å². The molecule has 0 aliphatic carbocycles. The van der Waals surface area contributed by atoms with E-state index in [9.17, 15) is 4.79 Å². The molecular formula is C19H20N4O5S. The molecular weight excluding hydrogens is 396 g/mol. The quantitative estimate of drug-likeness (QED) is 0.367. The molecule has 0 radical (unpaired) electrons. The third kappa shape index (κ3) is 6.61. The number of benzene rings is 1. The zero-order valence-corrected chi connectivity index (χ0v) is 16.6. The predicted molar refractivity (Wildman–Crippen MR) is 109 cm³/mol. The monoisotopic (exact) mass is 416 g/mol. The van der Waals surface area contributed by atoms with Gasteiger partial charge in [-0.15, -0.1) is 0 Å². The highest BCUT2D eigenvalue weighted by Gasteiger charge is 2.20. The molecule has 2 aromatic heterocycles. The zero-order chi connectivity index (χ0) is 21.4. The first-order valence-corrected chi connectivity index (χ1v) is 9.48. The summed E-state index contributed by atoms with van der Waals surface area (Å²) in [5, 5.41) is 18.3. The minimum Gasteiger partial charge on any atom is -0.473 e. The number of hydrogen-bond donors (Lipinski definition) is 4. The number of aromatic nitrogens is 3. The second-order valence-corrected chi connectivity index (χ2v) is 7.11. The van der Waals surface area contributed by atoms with E-state index in [-0.39, 0.29) is 11.2 Å². The van der Waals surface area contributed by atoms with Crippen LogP contribution in [-0.2, 0) is 14.4 Å². The van der Waals surface area contributed by atoms with Crippen LogP contribution in [0.5, 0.6) is 0 Å². The van der Waals surface area contributed by atoms with Crippen LogP contribution in [0.25, 0.3) is 11.0 Å². The van der Waals surface area contributed by atoms with E-state index in [0.717, 1.165) is 28.3 Å². The molecule has 152 valence electrons. The lowest BCUT2D eigenvalue weighted by Crippen LogP contribution is -2.24. The Morgan fingerprint density at radius 1 is 1.14 bits per heavy atom. The van der Waals surface area contributed by atoms with E-state index in [4.69, 9.17) is 19.8 Å². The number of H-pyrrole nitrogens is 1. The Labute approximate surface area is 170 Å². The highest BCUT2D eigenvalue weighted by atomic mass is 32.2. The number of pyridine rings is 1. The smallest absolute Gasteiger partial charge is 0.414 e. The van der Waals surface area contributed by atoms with Crippen molar-refractivity contribution in [2.45, 2.75) is 30.7 Å². The minimum absolute atomic E-state index is 0.0139. The Morgan fingerprint density at radius 2 is 1.79 bits per heavy atom. The molecule has 0 saturated heterocycles. The van der Waals surface area contributed by atoms with E-state index in [1.165, 1.54) is 17.3 Å². The molecule has 0 saturated carbocycles. The maximum absolute atomic E-state index is 12.5. The molecule has 29 heavy (non-hydrogen) atoms. The number of carbonyl (C=O) groups is 3. The molecule has 0 fully saturated rings. The maximum Gasteiger partial charge on any atom is 0.414 e. The summed E-state index contributed by atoms with van der Waals surface area (Å²) in [5.74, 6) is -3.66. The second-order valence-electron chi connectivity index (χ2n) is 5.92. The molecule has 3 aromatic rings. The Balaban J connectivity index is 0.000000438. The van der Waals surface area contributed by atoms with Crippen LogP contribution in [0, 0.1) is 6.92 Å². The number of thioether (sulfide) groups is 1. The van der Waals surface area contributed by atoms with Crippen LogP contribution >= 0.6 is 11.8 Å². The average molecular weight is 416 g/mol. The van der Waals surface area contributed by atoms with Gasteiger partial charge in [0.05, 0.1) is 22.5 Å². The number of amides is 1. The number of aliphatic carboxylic acids is 2. The van der Waals surface area contributed by atoms with Gasteiger partial charge >= 0.3 is 11.9 Å². The number of aryl methyl sites for hydroxylation is 1. The van der Waals surface area contributed by atoms with E-state index in [1.807, 2.05) is 44.2 Å². The van der Waals surface area contributed by atoms with Crippen molar-refractivity contribution in [3.63, 3.8) is 0 Å². The van der Waals surface area contributed by atoms with Gasteiger partial charge in [-0.25, -0.2) is 14.6 Å². The fourth-order valence-electron chi connectivity index (χ4n) is 2.21. The van der Waals surface area contributed by atoms with Crippen molar-refractivity contribution in [2.75, 3.05) is 5.32 Å². The molecule has 0 bridgehead atoms.